The van der Waals surface area contributed by atoms with E-state index in [0.717, 1.165) is 10.0 Å². The molecule has 0 amide bonds. The van der Waals surface area contributed by atoms with Crippen LogP contribution in [0.1, 0.15) is 31.2 Å². The molecule has 0 saturated carbocycles. The highest BCUT2D eigenvalue weighted by molar-refractivity contribution is 9.10. The van der Waals surface area contributed by atoms with Gasteiger partial charge in [-0.05, 0) is 72.2 Å². The Bertz CT molecular complexity index is 1840. The highest BCUT2D eigenvalue weighted by atomic mass is 79.9. The number of ether oxygens (including phenoxy) is 3. The number of hydrogen-bond donors (Lipinski definition) is 0. The van der Waals surface area contributed by atoms with Gasteiger partial charge < -0.3 is 18.6 Å². The lowest BCUT2D eigenvalue weighted by atomic mass is 9.95. The van der Waals surface area contributed by atoms with Crippen molar-refractivity contribution >= 4 is 50.9 Å². The molecule has 3 heterocycles. The third-order valence-corrected chi connectivity index (χ3v) is 8.57. The third kappa shape index (κ3) is 5.14. The number of nitrogens with zero attached hydrogens (tertiary/aromatic N) is 2. The molecular formula is C29H24BrClN2O6S. The number of esters is 1. The van der Waals surface area contributed by atoms with Gasteiger partial charge in [-0.2, -0.15) is 0 Å². The van der Waals surface area contributed by atoms with E-state index in [1.807, 2.05) is 18.2 Å². The number of carbonyl (C=O) groups excluding carboxylic acids is 1. The summed E-state index contributed by atoms with van der Waals surface area (Å²) in [4.78, 5) is 32.2. The van der Waals surface area contributed by atoms with E-state index in [9.17, 15) is 9.59 Å². The Hall–Kier alpha value is -3.60. The van der Waals surface area contributed by atoms with Crippen LogP contribution < -0.4 is 24.4 Å². The standard InChI is InChI=1S/C29H24BrClN2O6S/c1-5-38-28(35)25-15(2)32-29-33(26(25)19-13-17(36-3)7-11-23(19)37-4)27(34)24(40-29)14-18-8-10-22(39-18)16-6-9-20(30)21(31)12-16/h6-14,26H,5H2,1-4H3/b24-14-/t26-/m0/s1. The number of halogens is 2. The average molecular weight is 644 g/mol. The predicted molar refractivity (Wildman–Crippen MR) is 157 cm³/mol. The second kappa shape index (κ2) is 11.5. The van der Waals surface area contributed by atoms with Gasteiger partial charge in [0.2, 0.25) is 0 Å². The molecule has 0 unspecified atom stereocenters. The molecule has 40 heavy (non-hydrogen) atoms. The molecular weight excluding hydrogens is 620 g/mol. The van der Waals surface area contributed by atoms with Gasteiger partial charge in [-0.3, -0.25) is 9.36 Å². The zero-order chi connectivity index (χ0) is 28.6. The first-order chi connectivity index (χ1) is 19.2. The Morgan fingerprint density at radius 2 is 1.98 bits per heavy atom. The third-order valence-electron chi connectivity index (χ3n) is 6.35. The first-order valence-corrected chi connectivity index (χ1v) is 14.2. The predicted octanol–water partition coefficient (Wildman–Crippen LogP) is 5.49. The maximum atomic E-state index is 13.9. The Kier molecular flexibility index (Phi) is 8.02. The van der Waals surface area contributed by atoms with Crippen molar-refractivity contribution in [2.75, 3.05) is 20.8 Å². The molecule has 1 aliphatic rings. The van der Waals surface area contributed by atoms with E-state index in [2.05, 4.69) is 20.9 Å². The van der Waals surface area contributed by atoms with Crippen LogP contribution in [0.25, 0.3) is 17.4 Å². The fourth-order valence-corrected chi connectivity index (χ4v) is 5.96. The number of hydrogen-bond acceptors (Lipinski definition) is 8. The molecule has 1 aliphatic heterocycles. The summed E-state index contributed by atoms with van der Waals surface area (Å²) in [6, 6.07) is 13.5. The number of furan rings is 1. The van der Waals surface area contributed by atoms with Crippen molar-refractivity contribution in [2.24, 2.45) is 4.99 Å². The summed E-state index contributed by atoms with van der Waals surface area (Å²) >= 11 is 10.8. The molecule has 0 spiro atoms. The molecule has 0 fully saturated rings. The molecule has 0 N–H and O–H groups in total. The molecule has 4 aromatic rings. The van der Waals surface area contributed by atoms with E-state index in [-0.39, 0.29) is 17.7 Å². The monoisotopic (exact) mass is 642 g/mol. The van der Waals surface area contributed by atoms with Crippen molar-refractivity contribution in [3.63, 3.8) is 0 Å². The number of benzene rings is 2. The topological polar surface area (TPSA) is 92.3 Å². The van der Waals surface area contributed by atoms with Crippen molar-refractivity contribution in [3.05, 3.63) is 100 Å². The van der Waals surface area contributed by atoms with Gasteiger partial charge in [0.1, 0.15) is 29.1 Å². The normalized spacial score (nSPS) is 15.1. The van der Waals surface area contributed by atoms with Crippen molar-refractivity contribution in [2.45, 2.75) is 19.9 Å². The summed E-state index contributed by atoms with van der Waals surface area (Å²) in [5.74, 6) is 1.56. The van der Waals surface area contributed by atoms with E-state index < -0.39 is 12.0 Å². The lowest BCUT2D eigenvalue weighted by Gasteiger charge is -2.26. The van der Waals surface area contributed by atoms with Crippen LogP contribution in [0.15, 0.2) is 78.5 Å². The molecule has 2 aromatic heterocycles. The summed E-state index contributed by atoms with van der Waals surface area (Å²) in [6.07, 6.45) is 1.66. The SMILES string of the molecule is CCOC(=O)C1=C(C)N=c2s/c(=C\c3ccc(-c4ccc(Br)c(Cl)c4)o3)c(=O)n2[C@H]1c1cc(OC)ccc1OC. The largest absolute Gasteiger partial charge is 0.497 e. The van der Waals surface area contributed by atoms with E-state index in [4.69, 9.17) is 30.2 Å². The molecule has 0 radical (unpaired) electrons. The molecule has 11 heteroatoms. The Balaban J connectivity index is 1.68. The molecule has 2 aromatic carbocycles. The van der Waals surface area contributed by atoms with Gasteiger partial charge in [-0.1, -0.05) is 29.0 Å². The fraction of sp³-hybridized carbons (Fsp3) is 0.207. The highest BCUT2D eigenvalue weighted by Crippen LogP contribution is 2.38. The van der Waals surface area contributed by atoms with Crippen LogP contribution in [0, 0.1) is 0 Å². The Morgan fingerprint density at radius 3 is 2.67 bits per heavy atom. The number of carbonyl (C=O) groups is 1. The van der Waals surface area contributed by atoms with Crippen LogP contribution in [0.2, 0.25) is 5.02 Å². The number of aromatic nitrogens is 1. The summed E-state index contributed by atoms with van der Waals surface area (Å²) < 4.78 is 25.1. The minimum absolute atomic E-state index is 0.173. The zero-order valence-electron chi connectivity index (χ0n) is 22.0. The van der Waals surface area contributed by atoms with Gasteiger partial charge in [0.05, 0.1) is 41.7 Å². The Labute approximate surface area is 246 Å². The number of thiazole rings is 1. The van der Waals surface area contributed by atoms with E-state index >= 15 is 0 Å². The number of rotatable bonds is 7. The van der Waals surface area contributed by atoms with Gasteiger partial charge in [-0.25, -0.2) is 9.79 Å². The maximum Gasteiger partial charge on any atom is 0.338 e. The molecule has 0 saturated heterocycles. The molecule has 0 aliphatic carbocycles. The van der Waals surface area contributed by atoms with Gasteiger partial charge in [0.15, 0.2) is 4.80 Å². The van der Waals surface area contributed by atoms with Crippen molar-refractivity contribution in [1.29, 1.82) is 0 Å². The first kappa shape index (κ1) is 27.9. The minimum atomic E-state index is -0.848. The second-order valence-corrected chi connectivity index (χ2v) is 11.0. The quantitative estimate of drug-likeness (QED) is 0.247. The number of allylic oxidation sites excluding steroid dienone is 1. The number of methoxy groups -OCH3 is 2. The Morgan fingerprint density at radius 1 is 1.18 bits per heavy atom. The summed E-state index contributed by atoms with van der Waals surface area (Å²) in [5.41, 5.74) is 1.74. The first-order valence-electron chi connectivity index (χ1n) is 12.2. The smallest absolute Gasteiger partial charge is 0.338 e. The molecule has 1 atom stereocenters. The average Bonchev–Trinajstić information content (AvgIpc) is 3.53. The fourth-order valence-electron chi connectivity index (χ4n) is 4.50. The van der Waals surface area contributed by atoms with E-state index in [1.54, 1.807) is 57.4 Å². The van der Waals surface area contributed by atoms with Crippen LogP contribution in [0.4, 0.5) is 0 Å². The van der Waals surface area contributed by atoms with Crippen molar-refractivity contribution in [1.82, 2.24) is 4.57 Å². The summed E-state index contributed by atoms with van der Waals surface area (Å²) in [5, 5.41) is 0.560. The van der Waals surface area contributed by atoms with Gasteiger partial charge in [0, 0.05) is 21.7 Å². The lowest BCUT2D eigenvalue weighted by molar-refractivity contribution is -0.139. The highest BCUT2D eigenvalue weighted by Gasteiger charge is 2.35. The summed E-state index contributed by atoms with van der Waals surface area (Å²) in [7, 11) is 3.08. The van der Waals surface area contributed by atoms with Gasteiger partial charge >= 0.3 is 5.97 Å². The van der Waals surface area contributed by atoms with Gasteiger partial charge in [0.25, 0.3) is 5.56 Å². The molecule has 5 rings (SSSR count). The van der Waals surface area contributed by atoms with Crippen LogP contribution in [0.3, 0.4) is 0 Å². The van der Waals surface area contributed by atoms with Crippen LogP contribution >= 0.6 is 38.9 Å². The summed E-state index contributed by atoms with van der Waals surface area (Å²) in [6.45, 7) is 3.63. The van der Waals surface area contributed by atoms with Crippen LogP contribution in [0.5, 0.6) is 11.5 Å². The zero-order valence-corrected chi connectivity index (χ0v) is 25.1. The number of fused-ring (bicyclic) bond motifs is 1. The van der Waals surface area contributed by atoms with Crippen molar-refractivity contribution in [3.8, 4) is 22.8 Å². The molecule has 0 bridgehead atoms. The molecule has 206 valence electrons. The molecule has 8 nitrogen and oxygen atoms in total. The lowest BCUT2D eigenvalue weighted by Crippen LogP contribution is -2.40. The van der Waals surface area contributed by atoms with E-state index in [1.165, 1.54) is 23.0 Å². The van der Waals surface area contributed by atoms with Gasteiger partial charge in [-0.15, -0.1) is 0 Å². The van der Waals surface area contributed by atoms with Crippen LogP contribution in [-0.4, -0.2) is 31.4 Å². The van der Waals surface area contributed by atoms with E-state index in [0.29, 0.717) is 48.6 Å². The second-order valence-electron chi connectivity index (χ2n) is 8.74. The minimum Gasteiger partial charge on any atom is -0.497 e. The van der Waals surface area contributed by atoms with Crippen molar-refractivity contribution < 1.29 is 23.4 Å². The van der Waals surface area contributed by atoms with Crippen LogP contribution in [-0.2, 0) is 9.53 Å². The maximum absolute atomic E-state index is 13.9.